The SMILES string of the molecule is Cc1ccc(N2C(=O)CSC2=NC(=O)NC(C)Cc2ccc(-c3ncn(-c4ccc(OC(F)(F)F)cc4)n3)cc2)c(C(C)C)c1. The number of thioether (sulfide) groups is 1. The number of rotatable bonds is 8. The van der Waals surface area contributed by atoms with Gasteiger partial charge < -0.3 is 10.1 Å². The number of hydrogen-bond acceptors (Lipinski definition) is 6. The van der Waals surface area contributed by atoms with E-state index in [1.807, 2.05) is 50.2 Å². The molecule has 234 valence electrons. The summed E-state index contributed by atoms with van der Waals surface area (Å²) < 4.78 is 42.6. The van der Waals surface area contributed by atoms with Crippen LogP contribution in [0, 0.1) is 6.92 Å². The van der Waals surface area contributed by atoms with Gasteiger partial charge in [0.15, 0.2) is 11.0 Å². The Morgan fingerprint density at radius 1 is 1.07 bits per heavy atom. The standard InChI is InChI=1S/C32H31F3N6O3S/c1-19(2)26-15-20(3)5-14-27(26)41-28(42)17-45-31(41)38-30(43)37-21(4)16-22-6-8-23(9-7-22)29-36-18-40(39-29)24-10-12-25(13-11-24)44-32(33,34)35/h5-15,18-19,21H,16-17H2,1-4H3,(H,37,43). The van der Waals surface area contributed by atoms with Crippen molar-refractivity contribution in [2.24, 2.45) is 4.99 Å². The van der Waals surface area contributed by atoms with Crippen molar-refractivity contribution in [3.8, 4) is 22.8 Å². The van der Waals surface area contributed by atoms with Gasteiger partial charge in [0.25, 0.3) is 0 Å². The summed E-state index contributed by atoms with van der Waals surface area (Å²) in [6, 6.07) is 18.0. The molecule has 0 radical (unpaired) electrons. The lowest BCUT2D eigenvalue weighted by Gasteiger charge is -2.22. The van der Waals surface area contributed by atoms with E-state index in [2.05, 4.69) is 45.0 Å². The van der Waals surface area contributed by atoms with E-state index in [1.54, 1.807) is 0 Å². The number of amidine groups is 1. The smallest absolute Gasteiger partial charge is 0.406 e. The van der Waals surface area contributed by atoms with E-state index in [0.717, 1.165) is 27.9 Å². The van der Waals surface area contributed by atoms with Gasteiger partial charge in [-0.15, -0.1) is 18.3 Å². The van der Waals surface area contributed by atoms with Gasteiger partial charge in [-0.2, -0.15) is 4.99 Å². The Kier molecular flexibility index (Phi) is 9.28. The first-order chi connectivity index (χ1) is 21.4. The van der Waals surface area contributed by atoms with Crippen LogP contribution in [0.4, 0.5) is 23.7 Å². The topological polar surface area (TPSA) is 102 Å². The maximum absolute atomic E-state index is 12.9. The van der Waals surface area contributed by atoms with Gasteiger partial charge in [0, 0.05) is 11.6 Å². The number of carbonyl (C=O) groups excluding carboxylic acids is 2. The monoisotopic (exact) mass is 636 g/mol. The summed E-state index contributed by atoms with van der Waals surface area (Å²) in [5.41, 5.74) is 5.10. The number of alkyl halides is 3. The van der Waals surface area contributed by atoms with E-state index in [-0.39, 0.29) is 29.4 Å². The second-order valence-corrected chi connectivity index (χ2v) is 11.9. The molecule has 1 aliphatic heterocycles. The predicted octanol–water partition coefficient (Wildman–Crippen LogP) is 7.04. The molecule has 2 heterocycles. The number of ether oxygens (including phenoxy) is 1. The van der Waals surface area contributed by atoms with Crippen molar-refractivity contribution < 1.29 is 27.5 Å². The van der Waals surface area contributed by atoms with Gasteiger partial charge in [0.1, 0.15) is 12.1 Å². The Morgan fingerprint density at radius 2 is 1.78 bits per heavy atom. The van der Waals surface area contributed by atoms with E-state index in [9.17, 15) is 22.8 Å². The van der Waals surface area contributed by atoms with Gasteiger partial charge in [-0.05, 0) is 67.6 Å². The largest absolute Gasteiger partial charge is 0.573 e. The number of aryl methyl sites for hydroxylation is 1. The van der Waals surface area contributed by atoms with Crippen molar-refractivity contribution in [3.63, 3.8) is 0 Å². The van der Waals surface area contributed by atoms with Gasteiger partial charge in [-0.25, -0.2) is 14.5 Å². The second kappa shape index (κ2) is 13.1. The highest BCUT2D eigenvalue weighted by Crippen LogP contribution is 2.34. The van der Waals surface area contributed by atoms with E-state index in [4.69, 9.17) is 0 Å². The molecule has 1 N–H and O–H groups in total. The Bertz CT molecular complexity index is 1720. The van der Waals surface area contributed by atoms with Crippen LogP contribution in [0.5, 0.6) is 5.75 Å². The van der Waals surface area contributed by atoms with Crippen molar-refractivity contribution in [2.45, 2.75) is 52.4 Å². The summed E-state index contributed by atoms with van der Waals surface area (Å²) in [4.78, 5) is 35.8. The fourth-order valence-corrected chi connectivity index (χ4v) is 5.72. The summed E-state index contributed by atoms with van der Waals surface area (Å²) in [7, 11) is 0. The highest BCUT2D eigenvalue weighted by Gasteiger charge is 2.33. The number of anilines is 1. The maximum Gasteiger partial charge on any atom is 0.573 e. The second-order valence-electron chi connectivity index (χ2n) is 10.9. The Labute approximate surface area is 262 Å². The molecule has 3 aromatic carbocycles. The lowest BCUT2D eigenvalue weighted by molar-refractivity contribution is -0.274. The fraction of sp³-hybridized carbons (Fsp3) is 0.281. The molecule has 1 unspecified atom stereocenters. The average molecular weight is 637 g/mol. The molecule has 0 bridgehead atoms. The maximum atomic E-state index is 12.9. The molecule has 13 heteroatoms. The first-order valence-corrected chi connectivity index (χ1v) is 15.2. The Morgan fingerprint density at radius 3 is 2.44 bits per heavy atom. The normalized spacial score (nSPS) is 15.2. The van der Waals surface area contributed by atoms with Gasteiger partial charge in [-0.3, -0.25) is 9.69 Å². The molecule has 9 nitrogen and oxygen atoms in total. The third-order valence-corrected chi connectivity index (χ3v) is 7.88. The highest BCUT2D eigenvalue weighted by atomic mass is 32.2. The summed E-state index contributed by atoms with van der Waals surface area (Å²) in [5.74, 6) is 0.413. The van der Waals surface area contributed by atoms with Gasteiger partial charge >= 0.3 is 12.4 Å². The molecule has 4 aromatic rings. The summed E-state index contributed by atoms with van der Waals surface area (Å²) in [5, 5.41) is 7.68. The number of benzene rings is 3. The molecule has 1 aliphatic rings. The minimum Gasteiger partial charge on any atom is -0.406 e. The lowest BCUT2D eigenvalue weighted by Crippen LogP contribution is -2.35. The summed E-state index contributed by atoms with van der Waals surface area (Å²) in [6.07, 6.45) is -2.75. The Hall–Kier alpha value is -4.65. The van der Waals surface area contributed by atoms with E-state index in [1.165, 1.54) is 51.9 Å². The molecule has 0 aliphatic carbocycles. The van der Waals surface area contributed by atoms with Crippen LogP contribution in [0.1, 0.15) is 43.4 Å². The highest BCUT2D eigenvalue weighted by molar-refractivity contribution is 8.15. The van der Waals surface area contributed by atoms with Crippen LogP contribution in [0.25, 0.3) is 17.1 Å². The molecule has 1 atom stereocenters. The van der Waals surface area contributed by atoms with Crippen LogP contribution in [-0.4, -0.2) is 50.0 Å². The molecule has 45 heavy (non-hydrogen) atoms. The van der Waals surface area contributed by atoms with Crippen molar-refractivity contribution in [1.82, 2.24) is 20.1 Å². The first kappa shape index (κ1) is 31.8. The molecule has 5 rings (SSSR count). The number of nitrogens with zero attached hydrogens (tertiary/aromatic N) is 5. The minimum absolute atomic E-state index is 0.113. The van der Waals surface area contributed by atoms with E-state index in [0.29, 0.717) is 23.1 Å². The third-order valence-electron chi connectivity index (χ3n) is 6.96. The number of amides is 3. The lowest BCUT2D eigenvalue weighted by atomic mass is 9.98. The number of aliphatic imine (C=N–C) groups is 1. The van der Waals surface area contributed by atoms with Crippen LogP contribution in [0.15, 0.2) is 78.0 Å². The number of nitrogens with one attached hydrogen (secondary N) is 1. The Balaban J connectivity index is 1.20. The number of halogens is 3. The molecule has 1 saturated heterocycles. The van der Waals surface area contributed by atoms with Crippen molar-refractivity contribution in [3.05, 3.63) is 89.7 Å². The predicted molar refractivity (Wildman–Crippen MR) is 168 cm³/mol. The quantitative estimate of drug-likeness (QED) is 0.223. The number of aromatic nitrogens is 3. The summed E-state index contributed by atoms with van der Waals surface area (Å²) >= 11 is 1.25. The fourth-order valence-electron chi connectivity index (χ4n) is 4.87. The van der Waals surface area contributed by atoms with Crippen LogP contribution in [0.3, 0.4) is 0 Å². The molecular weight excluding hydrogens is 605 g/mol. The zero-order valence-corrected chi connectivity index (χ0v) is 25.8. The van der Waals surface area contributed by atoms with Crippen LogP contribution in [-0.2, 0) is 11.2 Å². The van der Waals surface area contributed by atoms with Crippen molar-refractivity contribution in [2.75, 3.05) is 10.7 Å². The van der Waals surface area contributed by atoms with Crippen LogP contribution >= 0.6 is 11.8 Å². The molecule has 3 amide bonds. The van der Waals surface area contributed by atoms with Crippen LogP contribution in [0.2, 0.25) is 0 Å². The zero-order chi connectivity index (χ0) is 32.3. The first-order valence-electron chi connectivity index (χ1n) is 14.2. The average Bonchev–Trinajstić information content (AvgIpc) is 3.60. The number of hydrogen-bond donors (Lipinski definition) is 1. The van der Waals surface area contributed by atoms with Crippen LogP contribution < -0.4 is 15.0 Å². The number of carbonyl (C=O) groups is 2. The van der Waals surface area contributed by atoms with Gasteiger partial charge in [0.2, 0.25) is 5.91 Å². The van der Waals surface area contributed by atoms with E-state index < -0.39 is 12.4 Å². The van der Waals surface area contributed by atoms with E-state index >= 15 is 0 Å². The van der Waals surface area contributed by atoms with Crippen molar-refractivity contribution in [1.29, 1.82) is 0 Å². The molecule has 1 fully saturated rings. The summed E-state index contributed by atoms with van der Waals surface area (Å²) in [6.45, 7) is 8.01. The van der Waals surface area contributed by atoms with Crippen molar-refractivity contribution >= 4 is 34.6 Å². The molecule has 1 aromatic heterocycles. The minimum atomic E-state index is -4.76. The zero-order valence-electron chi connectivity index (χ0n) is 25.0. The third kappa shape index (κ3) is 7.90. The van der Waals surface area contributed by atoms with Gasteiger partial charge in [0.05, 0.1) is 17.1 Å². The number of urea groups is 1. The molecule has 0 spiro atoms. The van der Waals surface area contributed by atoms with Gasteiger partial charge in [-0.1, -0.05) is 67.6 Å². The molecular formula is C32H31F3N6O3S. The molecule has 0 saturated carbocycles.